The third-order valence-electron chi connectivity index (χ3n) is 6.34. The summed E-state index contributed by atoms with van der Waals surface area (Å²) in [5.74, 6) is 0.337. The highest BCUT2D eigenvalue weighted by atomic mass is 35.5. The number of rotatable bonds is 8. The zero-order valence-electron chi connectivity index (χ0n) is 21.6. The van der Waals surface area contributed by atoms with Crippen molar-refractivity contribution in [3.63, 3.8) is 0 Å². The molecule has 200 valence electrons. The number of nitriles is 1. The van der Waals surface area contributed by atoms with Gasteiger partial charge in [-0.3, -0.25) is 4.98 Å². The predicted octanol–water partition coefficient (Wildman–Crippen LogP) is 4.77. The molecule has 2 aromatic carbocycles. The molecule has 1 fully saturated rings. The lowest BCUT2D eigenvalue weighted by Crippen LogP contribution is -2.47. The van der Waals surface area contributed by atoms with Gasteiger partial charge in [-0.1, -0.05) is 17.7 Å². The summed E-state index contributed by atoms with van der Waals surface area (Å²) in [6.07, 6.45) is 2.59. The van der Waals surface area contributed by atoms with E-state index in [4.69, 9.17) is 21.1 Å². The van der Waals surface area contributed by atoms with Crippen molar-refractivity contribution in [3.05, 3.63) is 52.9 Å². The van der Waals surface area contributed by atoms with Gasteiger partial charge in [0.05, 0.1) is 34.6 Å². The van der Waals surface area contributed by atoms with E-state index in [2.05, 4.69) is 21.7 Å². The highest BCUT2D eigenvalue weighted by Gasteiger charge is 2.25. The number of anilines is 2. The minimum Gasteiger partial charge on any atom is -0.493 e. The van der Waals surface area contributed by atoms with Gasteiger partial charge in [-0.2, -0.15) is 5.26 Å². The average molecular weight is 541 g/mol. The number of benzene rings is 2. The number of halogens is 2. The number of likely N-dealkylation sites (N-methyl/N-ethyl adjacent to an activating group) is 1. The van der Waals surface area contributed by atoms with Gasteiger partial charge in [0.2, 0.25) is 0 Å². The minimum atomic E-state index is -0.620. The average Bonchev–Trinajstić information content (AvgIpc) is 2.91. The Hall–Kier alpha value is -3.81. The molecule has 2 N–H and O–H groups in total. The van der Waals surface area contributed by atoms with Gasteiger partial charge in [-0.05, 0) is 32.3 Å². The monoisotopic (exact) mass is 540 g/mol. The van der Waals surface area contributed by atoms with Gasteiger partial charge in [-0.25, -0.2) is 9.18 Å². The molecule has 3 aromatic rings. The van der Waals surface area contributed by atoms with Crippen LogP contribution in [0.2, 0.25) is 5.02 Å². The maximum Gasteiger partial charge on any atom is 0.317 e. The van der Waals surface area contributed by atoms with E-state index >= 15 is 0 Å². The molecule has 1 aliphatic rings. The third kappa shape index (κ3) is 6.18. The Morgan fingerprint density at radius 1 is 1.29 bits per heavy atom. The fourth-order valence-corrected chi connectivity index (χ4v) is 4.44. The second kappa shape index (κ2) is 12.2. The molecule has 2 heterocycles. The van der Waals surface area contributed by atoms with E-state index in [1.807, 2.05) is 19.0 Å². The molecule has 0 spiro atoms. The molecule has 9 nitrogen and oxygen atoms in total. The zero-order valence-corrected chi connectivity index (χ0v) is 22.3. The van der Waals surface area contributed by atoms with Crippen molar-refractivity contribution in [2.75, 3.05) is 52.7 Å². The van der Waals surface area contributed by atoms with Gasteiger partial charge < -0.3 is 29.9 Å². The molecular weight excluding hydrogens is 511 g/mol. The zero-order chi connectivity index (χ0) is 27.2. The Labute approximate surface area is 226 Å². The van der Waals surface area contributed by atoms with Crippen LogP contribution < -0.4 is 20.1 Å². The van der Waals surface area contributed by atoms with Crippen LogP contribution in [-0.2, 0) is 0 Å². The van der Waals surface area contributed by atoms with E-state index in [0.29, 0.717) is 60.6 Å². The van der Waals surface area contributed by atoms with E-state index in [0.717, 1.165) is 6.54 Å². The molecule has 1 aliphatic heterocycles. The van der Waals surface area contributed by atoms with Crippen molar-refractivity contribution in [2.24, 2.45) is 0 Å². The summed E-state index contributed by atoms with van der Waals surface area (Å²) in [6.45, 7) is 2.49. The van der Waals surface area contributed by atoms with Crippen molar-refractivity contribution < 1.29 is 18.7 Å². The number of likely N-dealkylation sites (tertiary alicyclic amines) is 1. The molecule has 2 amide bonds. The van der Waals surface area contributed by atoms with Crippen molar-refractivity contribution in [2.45, 2.75) is 18.9 Å². The molecule has 11 heteroatoms. The first-order valence-corrected chi connectivity index (χ1v) is 12.6. The number of methoxy groups -OCH3 is 1. The molecular formula is C27H30ClFN6O3. The first kappa shape index (κ1) is 27.2. The van der Waals surface area contributed by atoms with Crippen LogP contribution in [0.15, 0.2) is 36.5 Å². The third-order valence-corrected chi connectivity index (χ3v) is 6.64. The van der Waals surface area contributed by atoms with Gasteiger partial charge in [-0.15, -0.1) is 0 Å². The molecule has 0 radical (unpaired) electrons. The second-order valence-corrected chi connectivity index (χ2v) is 9.65. The standard InChI is InChI=1S/C27H30ClFN6O3/c1-34(2)12-9-31-27(36)35-10-7-18(8-11-35)38-24-13-19-22(14-23(24)37-3)32-16-17(15-30)26(19)33-21-6-4-5-20(28)25(21)29/h4-6,13-14,16,18H,7-12H2,1-3H3,(H,31,36)(H,32,33). The summed E-state index contributed by atoms with van der Waals surface area (Å²) in [7, 11) is 5.46. The molecule has 38 heavy (non-hydrogen) atoms. The number of nitrogens with zero attached hydrogens (tertiary/aromatic N) is 4. The number of nitrogens with one attached hydrogen (secondary N) is 2. The van der Waals surface area contributed by atoms with Gasteiger partial charge >= 0.3 is 6.03 Å². The van der Waals surface area contributed by atoms with Crippen molar-refractivity contribution in [1.82, 2.24) is 20.1 Å². The number of hydrogen-bond donors (Lipinski definition) is 2. The number of hydrogen-bond acceptors (Lipinski definition) is 7. The molecule has 0 bridgehead atoms. The van der Waals surface area contributed by atoms with Crippen LogP contribution in [0.5, 0.6) is 11.5 Å². The van der Waals surface area contributed by atoms with Gasteiger partial charge in [0.25, 0.3) is 0 Å². The van der Waals surface area contributed by atoms with Crippen LogP contribution in [-0.4, -0.2) is 74.3 Å². The minimum absolute atomic E-state index is 0.0321. The van der Waals surface area contributed by atoms with E-state index < -0.39 is 5.82 Å². The van der Waals surface area contributed by atoms with Crippen LogP contribution in [0.25, 0.3) is 10.9 Å². The first-order valence-electron chi connectivity index (χ1n) is 12.3. The van der Waals surface area contributed by atoms with Gasteiger partial charge in [0.15, 0.2) is 17.3 Å². The molecule has 0 saturated carbocycles. The summed E-state index contributed by atoms with van der Waals surface area (Å²) in [4.78, 5) is 20.6. The lowest BCUT2D eigenvalue weighted by Gasteiger charge is -2.32. The number of urea groups is 1. The number of carbonyl (C=O) groups is 1. The maximum absolute atomic E-state index is 14.7. The van der Waals surface area contributed by atoms with E-state index in [1.165, 1.54) is 12.3 Å². The SMILES string of the molecule is COc1cc2ncc(C#N)c(Nc3cccc(Cl)c3F)c2cc1OC1CCN(C(=O)NCCN(C)C)CC1. The van der Waals surface area contributed by atoms with Crippen LogP contribution in [0, 0.1) is 17.1 Å². The predicted molar refractivity (Wildman–Crippen MR) is 145 cm³/mol. The van der Waals surface area contributed by atoms with Crippen LogP contribution in [0.1, 0.15) is 18.4 Å². The van der Waals surface area contributed by atoms with E-state index in [-0.39, 0.29) is 28.4 Å². The van der Waals surface area contributed by atoms with E-state index in [9.17, 15) is 14.4 Å². The number of piperidine rings is 1. The number of carbonyl (C=O) groups excluding carboxylic acids is 1. The molecule has 0 atom stereocenters. The van der Waals surface area contributed by atoms with Crippen molar-refractivity contribution in [1.29, 1.82) is 5.26 Å². The summed E-state index contributed by atoms with van der Waals surface area (Å²) >= 11 is 5.95. The molecule has 4 rings (SSSR count). The molecule has 0 aliphatic carbocycles. The fraction of sp³-hybridized carbons (Fsp3) is 0.370. The van der Waals surface area contributed by atoms with Gasteiger partial charge in [0, 0.05) is 56.7 Å². The Kier molecular flexibility index (Phi) is 8.71. The van der Waals surface area contributed by atoms with Crippen molar-refractivity contribution in [3.8, 4) is 17.6 Å². The van der Waals surface area contributed by atoms with Gasteiger partial charge in [0.1, 0.15) is 12.2 Å². The smallest absolute Gasteiger partial charge is 0.317 e. The Bertz CT molecular complexity index is 1350. The van der Waals surface area contributed by atoms with Crippen LogP contribution in [0.3, 0.4) is 0 Å². The van der Waals surface area contributed by atoms with Crippen LogP contribution in [0.4, 0.5) is 20.6 Å². The Balaban J connectivity index is 1.55. The fourth-order valence-electron chi connectivity index (χ4n) is 4.26. The number of amides is 2. The summed E-state index contributed by atoms with van der Waals surface area (Å²) in [5, 5.41) is 16.2. The second-order valence-electron chi connectivity index (χ2n) is 9.24. The number of fused-ring (bicyclic) bond motifs is 1. The van der Waals surface area contributed by atoms with Crippen LogP contribution >= 0.6 is 11.6 Å². The number of pyridine rings is 1. The Morgan fingerprint density at radius 2 is 2.05 bits per heavy atom. The summed E-state index contributed by atoms with van der Waals surface area (Å²) in [6, 6.07) is 10.1. The molecule has 0 unspecified atom stereocenters. The van der Waals surface area contributed by atoms with E-state index in [1.54, 1.807) is 36.3 Å². The summed E-state index contributed by atoms with van der Waals surface area (Å²) < 4.78 is 26.5. The molecule has 1 saturated heterocycles. The lowest BCUT2D eigenvalue weighted by molar-refractivity contribution is 0.108. The quantitative estimate of drug-likeness (QED) is 0.424. The largest absolute Gasteiger partial charge is 0.493 e. The van der Waals surface area contributed by atoms with Crippen molar-refractivity contribution >= 4 is 39.9 Å². The lowest BCUT2D eigenvalue weighted by atomic mass is 10.1. The number of ether oxygens (including phenoxy) is 2. The number of aromatic nitrogens is 1. The first-order chi connectivity index (χ1) is 18.3. The highest BCUT2D eigenvalue weighted by molar-refractivity contribution is 6.31. The maximum atomic E-state index is 14.7. The molecule has 1 aromatic heterocycles. The normalized spacial score (nSPS) is 13.9. The Morgan fingerprint density at radius 3 is 2.74 bits per heavy atom. The summed E-state index contributed by atoms with van der Waals surface area (Å²) in [5.41, 5.74) is 1.30. The highest BCUT2D eigenvalue weighted by Crippen LogP contribution is 2.39. The topological polar surface area (TPSA) is 103 Å².